The highest BCUT2D eigenvalue weighted by atomic mass is 35.5. The minimum absolute atomic E-state index is 0.446. The molecule has 8 heteroatoms. The van der Waals surface area contributed by atoms with Gasteiger partial charge >= 0.3 is 0 Å². The van der Waals surface area contributed by atoms with Gasteiger partial charge in [0.25, 0.3) is 0 Å². The van der Waals surface area contributed by atoms with Gasteiger partial charge in [-0.05, 0) is 43.5 Å². The van der Waals surface area contributed by atoms with Crippen molar-refractivity contribution in [3.63, 3.8) is 0 Å². The number of hydrogen-bond donors (Lipinski definition) is 1. The first-order chi connectivity index (χ1) is 13.8. The zero-order valence-corrected chi connectivity index (χ0v) is 16.5. The molecule has 0 amide bonds. The summed E-state index contributed by atoms with van der Waals surface area (Å²) in [6, 6.07) is 10.5. The second kappa shape index (κ2) is 6.32. The van der Waals surface area contributed by atoms with Crippen molar-refractivity contribution in [2.45, 2.75) is 47.8 Å². The monoisotopic (exact) mass is 408 g/mol. The van der Waals surface area contributed by atoms with E-state index in [0.717, 1.165) is 64.0 Å². The molecule has 2 saturated carbocycles. The Hall–Kier alpha value is -2.38. The van der Waals surface area contributed by atoms with Gasteiger partial charge in [-0.25, -0.2) is 9.97 Å². The van der Waals surface area contributed by atoms with E-state index < -0.39 is 0 Å². The van der Waals surface area contributed by atoms with Crippen LogP contribution in [0.2, 0.25) is 5.15 Å². The Morgan fingerprint density at radius 3 is 2.75 bits per heavy atom. The van der Waals surface area contributed by atoms with E-state index in [-0.39, 0.29) is 0 Å². The van der Waals surface area contributed by atoms with E-state index in [0.29, 0.717) is 17.1 Å². The van der Waals surface area contributed by atoms with Crippen LogP contribution >= 0.6 is 23.4 Å². The Kier molecular flexibility index (Phi) is 3.74. The molecule has 1 N–H and O–H groups in total. The van der Waals surface area contributed by atoms with E-state index in [9.17, 15) is 0 Å². The Morgan fingerprint density at radius 1 is 1.07 bits per heavy atom. The quantitative estimate of drug-likeness (QED) is 0.457. The highest BCUT2D eigenvalue weighted by molar-refractivity contribution is 7.99. The molecule has 0 unspecified atom stereocenters. The smallest absolute Gasteiger partial charge is 0.198 e. The van der Waals surface area contributed by atoms with Crippen molar-refractivity contribution in [1.29, 1.82) is 0 Å². The van der Waals surface area contributed by atoms with Gasteiger partial charge in [-0.2, -0.15) is 0 Å². The lowest BCUT2D eigenvalue weighted by Gasteiger charge is -2.08. The molecule has 140 valence electrons. The summed E-state index contributed by atoms with van der Waals surface area (Å²) in [5.41, 5.74) is 2.19. The van der Waals surface area contributed by atoms with Crippen LogP contribution < -0.4 is 0 Å². The molecular weight excluding hydrogens is 392 g/mol. The van der Waals surface area contributed by atoms with Crippen molar-refractivity contribution >= 4 is 34.3 Å². The lowest BCUT2D eigenvalue weighted by Crippen LogP contribution is -2.00. The fourth-order valence-corrected chi connectivity index (χ4v) is 4.70. The van der Waals surface area contributed by atoms with Crippen LogP contribution in [-0.4, -0.2) is 29.7 Å². The van der Waals surface area contributed by atoms with Crippen LogP contribution in [0.3, 0.4) is 0 Å². The molecule has 6 rings (SSSR count). The summed E-state index contributed by atoms with van der Waals surface area (Å²) in [6.07, 6.45) is 6.62. The molecule has 2 fully saturated rings. The number of halogens is 1. The van der Waals surface area contributed by atoms with E-state index in [1.54, 1.807) is 0 Å². The summed E-state index contributed by atoms with van der Waals surface area (Å²) in [6.45, 7) is 0. The summed E-state index contributed by atoms with van der Waals surface area (Å²) in [4.78, 5) is 12.4. The molecule has 0 aliphatic heterocycles. The first-order valence-corrected chi connectivity index (χ1v) is 10.7. The molecule has 0 bridgehead atoms. The first kappa shape index (κ1) is 16.6. The summed E-state index contributed by atoms with van der Waals surface area (Å²) in [5, 5.41) is 12.4. The summed E-state index contributed by atoms with van der Waals surface area (Å²) in [5.74, 6) is 2.22. The SMILES string of the molecule is Clc1cc(Sc2nnc(-c3c[nH]c4ccccc34)n2C2CC2)nc(C2CC2)n1. The second-order valence-corrected chi connectivity index (χ2v) is 8.79. The van der Waals surface area contributed by atoms with E-state index in [4.69, 9.17) is 16.6 Å². The minimum Gasteiger partial charge on any atom is -0.360 e. The number of aromatic nitrogens is 6. The number of nitrogens with one attached hydrogen (secondary N) is 1. The maximum absolute atomic E-state index is 6.24. The second-order valence-electron chi connectivity index (χ2n) is 7.42. The normalized spacial score (nSPS) is 16.8. The van der Waals surface area contributed by atoms with Gasteiger partial charge in [-0.15, -0.1) is 10.2 Å². The van der Waals surface area contributed by atoms with Crippen LogP contribution in [0.4, 0.5) is 0 Å². The van der Waals surface area contributed by atoms with Gasteiger partial charge in [0.05, 0.1) is 0 Å². The predicted molar refractivity (Wildman–Crippen MR) is 109 cm³/mol. The molecular formula is C20H17ClN6S. The average molecular weight is 409 g/mol. The van der Waals surface area contributed by atoms with Crippen molar-refractivity contribution in [2.75, 3.05) is 0 Å². The molecule has 3 aromatic heterocycles. The van der Waals surface area contributed by atoms with Gasteiger partial charge in [0.15, 0.2) is 11.0 Å². The Balaban J connectivity index is 1.42. The number of rotatable bonds is 5. The molecule has 6 nitrogen and oxygen atoms in total. The number of nitrogens with zero attached hydrogens (tertiary/aromatic N) is 5. The number of fused-ring (bicyclic) bond motifs is 1. The molecule has 0 saturated heterocycles. The van der Waals surface area contributed by atoms with E-state index >= 15 is 0 Å². The highest BCUT2D eigenvalue weighted by Crippen LogP contribution is 2.44. The predicted octanol–water partition coefficient (Wildman–Crippen LogP) is 5.23. The standard InChI is InChI=1S/C20H17ClN6S/c21-16-9-17(24-18(23-16)11-5-6-11)28-20-26-25-19(27(20)12-7-8-12)14-10-22-15-4-2-1-3-13(14)15/h1-4,9-12,22H,5-8H2. The third-order valence-electron chi connectivity index (χ3n) is 5.23. The molecule has 3 heterocycles. The zero-order chi connectivity index (χ0) is 18.7. The number of para-hydroxylation sites is 1. The lowest BCUT2D eigenvalue weighted by molar-refractivity contribution is 0.669. The van der Waals surface area contributed by atoms with Gasteiger partial charge < -0.3 is 4.98 Å². The van der Waals surface area contributed by atoms with Crippen molar-refractivity contribution < 1.29 is 0 Å². The average Bonchev–Trinajstić information content (AvgIpc) is 3.62. The Bertz CT molecular complexity index is 1190. The molecule has 2 aliphatic rings. The summed E-state index contributed by atoms with van der Waals surface area (Å²) in [7, 11) is 0. The molecule has 0 atom stereocenters. The number of H-pyrrole nitrogens is 1. The first-order valence-electron chi connectivity index (χ1n) is 9.50. The lowest BCUT2D eigenvalue weighted by atomic mass is 10.1. The van der Waals surface area contributed by atoms with Gasteiger partial charge in [-0.1, -0.05) is 29.8 Å². The van der Waals surface area contributed by atoms with E-state index in [1.807, 2.05) is 18.3 Å². The van der Waals surface area contributed by atoms with Crippen molar-refractivity contribution in [1.82, 2.24) is 29.7 Å². The Morgan fingerprint density at radius 2 is 1.93 bits per heavy atom. The third-order valence-corrected chi connectivity index (χ3v) is 6.31. The van der Waals surface area contributed by atoms with Crippen LogP contribution in [-0.2, 0) is 0 Å². The minimum atomic E-state index is 0.446. The van der Waals surface area contributed by atoms with Crippen molar-refractivity contribution in [2.24, 2.45) is 0 Å². The van der Waals surface area contributed by atoms with Gasteiger partial charge in [-0.3, -0.25) is 4.57 Å². The molecule has 2 aliphatic carbocycles. The van der Waals surface area contributed by atoms with Gasteiger partial charge in [0.1, 0.15) is 16.0 Å². The maximum Gasteiger partial charge on any atom is 0.198 e. The summed E-state index contributed by atoms with van der Waals surface area (Å²) < 4.78 is 2.26. The number of aromatic amines is 1. The zero-order valence-electron chi connectivity index (χ0n) is 15.0. The molecule has 0 spiro atoms. The van der Waals surface area contributed by atoms with Crippen LogP contribution in [0.1, 0.15) is 43.5 Å². The molecule has 28 heavy (non-hydrogen) atoms. The van der Waals surface area contributed by atoms with E-state index in [1.165, 1.54) is 11.8 Å². The van der Waals surface area contributed by atoms with Crippen molar-refractivity contribution in [3.8, 4) is 11.4 Å². The van der Waals surface area contributed by atoms with Gasteiger partial charge in [0.2, 0.25) is 0 Å². The largest absolute Gasteiger partial charge is 0.360 e. The maximum atomic E-state index is 6.24. The summed E-state index contributed by atoms with van der Waals surface area (Å²) >= 11 is 7.77. The third kappa shape index (κ3) is 2.89. The molecule has 1 aromatic carbocycles. The number of benzene rings is 1. The van der Waals surface area contributed by atoms with Crippen molar-refractivity contribution in [3.05, 3.63) is 47.5 Å². The fourth-order valence-electron chi connectivity index (χ4n) is 3.53. The van der Waals surface area contributed by atoms with Gasteiger partial charge in [0, 0.05) is 40.7 Å². The Labute approximate surface area is 170 Å². The number of hydrogen-bond acceptors (Lipinski definition) is 5. The molecule has 0 radical (unpaired) electrons. The highest BCUT2D eigenvalue weighted by Gasteiger charge is 2.32. The fraction of sp³-hybridized carbons (Fsp3) is 0.300. The van der Waals surface area contributed by atoms with Crippen LogP contribution in [0.25, 0.3) is 22.3 Å². The van der Waals surface area contributed by atoms with Crippen LogP contribution in [0, 0.1) is 0 Å². The van der Waals surface area contributed by atoms with Crippen LogP contribution in [0.15, 0.2) is 46.7 Å². The molecule has 4 aromatic rings. The van der Waals surface area contributed by atoms with Crippen LogP contribution in [0.5, 0.6) is 0 Å². The topological polar surface area (TPSA) is 72.3 Å². The van der Waals surface area contributed by atoms with E-state index in [2.05, 4.69) is 42.9 Å².